The quantitative estimate of drug-likeness (QED) is 0.334. The van der Waals surface area contributed by atoms with Crippen LogP contribution in [0.2, 0.25) is 0 Å². The van der Waals surface area contributed by atoms with Gasteiger partial charge in [0, 0.05) is 37.9 Å². The summed E-state index contributed by atoms with van der Waals surface area (Å²) in [5, 5.41) is 10.5. The normalized spacial score (nSPS) is 17.2. The van der Waals surface area contributed by atoms with Crippen molar-refractivity contribution in [1.82, 2.24) is 13.9 Å². The Morgan fingerprint density at radius 1 is 1.10 bits per heavy atom. The van der Waals surface area contributed by atoms with Gasteiger partial charge in [0.25, 0.3) is 10.0 Å². The van der Waals surface area contributed by atoms with Crippen molar-refractivity contribution in [3.8, 4) is 6.07 Å². The number of nitrogens with zero attached hydrogens (tertiary/aromatic N) is 5. The number of anilines is 1. The smallest absolute Gasteiger partial charge is 0.410 e. The molecular formula is C29H29N5O4S. The molecule has 2 aromatic heterocycles. The van der Waals surface area contributed by atoms with E-state index in [-0.39, 0.29) is 35.2 Å². The van der Waals surface area contributed by atoms with E-state index in [1.54, 1.807) is 29.2 Å². The first kappa shape index (κ1) is 26.3. The van der Waals surface area contributed by atoms with Gasteiger partial charge in [-0.1, -0.05) is 55.5 Å². The van der Waals surface area contributed by atoms with Crippen LogP contribution in [0.4, 0.5) is 10.5 Å². The van der Waals surface area contributed by atoms with Crippen LogP contribution in [0, 0.1) is 17.2 Å². The first-order valence-electron chi connectivity index (χ1n) is 12.7. The van der Waals surface area contributed by atoms with Crippen LogP contribution in [-0.4, -0.2) is 54.5 Å². The number of pyridine rings is 1. The van der Waals surface area contributed by atoms with Crippen molar-refractivity contribution in [3.05, 3.63) is 90.3 Å². The Hall–Kier alpha value is -4.36. The Bertz CT molecular complexity index is 1630. The first-order valence-corrected chi connectivity index (χ1v) is 14.2. The lowest BCUT2D eigenvalue weighted by Gasteiger charge is -2.31. The summed E-state index contributed by atoms with van der Waals surface area (Å²) in [6.45, 7) is 3.21. The van der Waals surface area contributed by atoms with Gasteiger partial charge in [-0.3, -0.25) is 0 Å². The van der Waals surface area contributed by atoms with Crippen LogP contribution in [0.1, 0.15) is 24.5 Å². The molecule has 2 aromatic carbocycles. The molecule has 0 saturated carbocycles. The molecule has 0 bridgehead atoms. The molecule has 5 rings (SSSR count). The number of aromatic nitrogens is 2. The molecule has 0 spiro atoms. The zero-order chi connectivity index (χ0) is 27.6. The maximum atomic E-state index is 13.4. The molecule has 2 atom stereocenters. The molecule has 9 nitrogen and oxygen atoms in total. The standard InChI is InChI=1S/C29H29N5O4S/c1-3-22-18-33(29(35)38-20-21-10-6-4-7-11-21)19-26(22)32(2)27-23(16-30)17-31-28-25(27)14-15-34(28)39(36,37)24-12-8-5-9-13-24/h4-15,17,22,26H,3,18-20H2,1-2H3/t22-,26+/m0/s1. The Kier molecular flexibility index (Phi) is 7.26. The minimum atomic E-state index is -3.88. The van der Waals surface area contributed by atoms with E-state index in [9.17, 15) is 18.5 Å². The lowest BCUT2D eigenvalue weighted by Crippen LogP contribution is -2.39. The number of benzene rings is 2. The molecule has 0 unspecified atom stereocenters. The maximum Gasteiger partial charge on any atom is 0.410 e. The number of hydrogen-bond donors (Lipinski definition) is 0. The van der Waals surface area contributed by atoms with Gasteiger partial charge in [-0.05, 0) is 36.1 Å². The highest BCUT2D eigenvalue weighted by molar-refractivity contribution is 7.90. The summed E-state index contributed by atoms with van der Waals surface area (Å²) in [6.07, 6.45) is 3.32. The van der Waals surface area contributed by atoms with Gasteiger partial charge in [0.05, 0.1) is 22.2 Å². The second-order valence-electron chi connectivity index (χ2n) is 9.59. The highest BCUT2D eigenvalue weighted by atomic mass is 32.2. The lowest BCUT2D eigenvalue weighted by molar-refractivity contribution is 0.103. The van der Waals surface area contributed by atoms with Crippen molar-refractivity contribution in [2.45, 2.75) is 30.9 Å². The van der Waals surface area contributed by atoms with Gasteiger partial charge in [0.2, 0.25) is 0 Å². The molecule has 0 radical (unpaired) electrons. The van der Waals surface area contributed by atoms with E-state index in [0.717, 1.165) is 16.0 Å². The highest BCUT2D eigenvalue weighted by Gasteiger charge is 2.38. The number of nitriles is 1. The monoisotopic (exact) mass is 543 g/mol. The number of likely N-dealkylation sites (N-methyl/N-ethyl adjacent to an activating group) is 1. The Labute approximate surface area is 227 Å². The zero-order valence-corrected chi connectivity index (χ0v) is 22.6. The van der Waals surface area contributed by atoms with E-state index >= 15 is 0 Å². The number of ether oxygens (including phenoxy) is 1. The summed E-state index contributed by atoms with van der Waals surface area (Å²) >= 11 is 0. The Morgan fingerprint density at radius 2 is 1.79 bits per heavy atom. The molecule has 10 heteroatoms. The van der Waals surface area contributed by atoms with Gasteiger partial charge in [-0.15, -0.1) is 0 Å². The van der Waals surface area contributed by atoms with Crippen LogP contribution in [0.15, 0.2) is 84.0 Å². The minimum Gasteiger partial charge on any atom is -0.445 e. The molecule has 1 saturated heterocycles. The second-order valence-corrected chi connectivity index (χ2v) is 11.4. The third-order valence-electron chi connectivity index (χ3n) is 7.32. The number of likely N-dealkylation sites (tertiary alicyclic amines) is 1. The molecule has 3 heterocycles. The molecule has 200 valence electrons. The summed E-state index contributed by atoms with van der Waals surface area (Å²) in [5.74, 6) is 0.129. The van der Waals surface area contributed by atoms with Gasteiger partial charge in [-0.25, -0.2) is 22.2 Å². The largest absolute Gasteiger partial charge is 0.445 e. The van der Waals surface area contributed by atoms with E-state index < -0.39 is 10.0 Å². The predicted octanol–water partition coefficient (Wildman–Crippen LogP) is 4.63. The molecule has 0 N–H and O–H groups in total. The van der Waals surface area contributed by atoms with E-state index in [1.165, 1.54) is 24.5 Å². The maximum absolute atomic E-state index is 13.4. The van der Waals surface area contributed by atoms with Crippen LogP contribution in [-0.2, 0) is 21.4 Å². The van der Waals surface area contributed by atoms with Crippen molar-refractivity contribution in [1.29, 1.82) is 5.26 Å². The van der Waals surface area contributed by atoms with Gasteiger partial charge in [0.1, 0.15) is 12.7 Å². The summed E-state index contributed by atoms with van der Waals surface area (Å²) in [5.41, 5.74) is 2.08. The van der Waals surface area contributed by atoms with Crippen molar-refractivity contribution in [3.63, 3.8) is 0 Å². The molecule has 0 aliphatic carbocycles. The number of rotatable bonds is 7. The van der Waals surface area contributed by atoms with E-state index in [2.05, 4.69) is 18.0 Å². The molecule has 1 aliphatic rings. The first-order chi connectivity index (χ1) is 18.8. The Morgan fingerprint density at radius 3 is 2.46 bits per heavy atom. The average molecular weight is 544 g/mol. The fourth-order valence-electron chi connectivity index (χ4n) is 5.23. The Balaban J connectivity index is 1.45. The van der Waals surface area contributed by atoms with Crippen LogP contribution in [0.5, 0.6) is 0 Å². The van der Waals surface area contributed by atoms with Crippen LogP contribution >= 0.6 is 0 Å². The fourth-order valence-corrected chi connectivity index (χ4v) is 6.55. The van der Waals surface area contributed by atoms with Gasteiger partial charge >= 0.3 is 6.09 Å². The third-order valence-corrected chi connectivity index (χ3v) is 9.00. The number of hydrogen-bond acceptors (Lipinski definition) is 7. The van der Waals surface area contributed by atoms with Gasteiger partial charge < -0.3 is 14.5 Å². The molecule has 4 aromatic rings. The number of amides is 1. The summed E-state index contributed by atoms with van der Waals surface area (Å²) in [6, 6.07) is 21.5. The molecule has 1 amide bonds. The van der Waals surface area contributed by atoms with Crippen LogP contribution in [0.25, 0.3) is 11.0 Å². The topological polar surface area (TPSA) is 109 Å². The summed E-state index contributed by atoms with van der Waals surface area (Å²) in [7, 11) is -2.00. The molecular weight excluding hydrogens is 514 g/mol. The van der Waals surface area contributed by atoms with Crippen LogP contribution in [0.3, 0.4) is 0 Å². The lowest BCUT2D eigenvalue weighted by atomic mass is 9.98. The molecule has 1 aliphatic heterocycles. The number of fused-ring (bicyclic) bond motifs is 1. The van der Waals surface area contributed by atoms with E-state index in [0.29, 0.717) is 29.7 Å². The van der Waals surface area contributed by atoms with Gasteiger partial charge in [0.15, 0.2) is 5.65 Å². The minimum absolute atomic E-state index is 0.106. The number of carbonyl (C=O) groups is 1. The van der Waals surface area contributed by atoms with E-state index in [4.69, 9.17) is 4.74 Å². The average Bonchev–Trinajstić information content (AvgIpc) is 3.61. The SMILES string of the molecule is CC[C@H]1CN(C(=O)OCc2ccccc2)C[C@H]1N(C)c1c(C#N)cnc2c1ccn2S(=O)(=O)c1ccccc1. The zero-order valence-electron chi connectivity index (χ0n) is 21.8. The van der Waals surface area contributed by atoms with Gasteiger partial charge in [-0.2, -0.15) is 5.26 Å². The summed E-state index contributed by atoms with van der Waals surface area (Å²) < 4.78 is 33.5. The molecule has 39 heavy (non-hydrogen) atoms. The van der Waals surface area contributed by atoms with Crippen molar-refractivity contribution < 1.29 is 17.9 Å². The highest BCUT2D eigenvalue weighted by Crippen LogP contribution is 2.36. The third kappa shape index (κ3) is 4.93. The number of carbonyl (C=O) groups excluding carboxylic acids is 1. The second kappa shape index (κ2) is 10.8. The van der Waals surface area contributed by atoms with Crippen molar-refractivity contribution in [2.24, 2.45) is 5.92 Å². The van der Waals surface area contributed by atoms with E-state index in [1.807, 2.05) is 42.3 Å². The van der Waals surface area contributed by atoms with Crippen molar-refractivity contribution in [2.75, 3.05) is 25.0 Å². The fraction of sp³-hybridized carbons (Fsp3) is 0.276. The van der Waals surface area contributed by atoms with Crippen LogP contribution < -0.4 is 4.90 Å². The predicted molar refractivity (Wildman–Crippen MR) is 148 cm³/mol. The summed E-state index contributed by atoms with van der Waals surface area (Å²) in [4.78, 5) is 21.1. The van der Waals surface area contributed by atoms with Crippen molar-refractivity contribution >= 4 is 32.8 Å². The molecule has 1 fully saturated rings.